The molecule has 2 unspecified atom stereocenters. The summed E-state index contributed by atoms with van der Waals surface area (Å²) in [5.41, 5.74) is 2.49. The molecular formula is C26H33FN5O3P. The number of nitrogens with one attached hydrogen (secondary N) is 1. The highest BCUT2D eigenvalue weighted by Gasteiger charge is 2.40. The molecule has 3 atom stereocenters. The molecule has 1 aromatic carbocycles. The lowest BCUT2D eigenvalue weighted by molar-refractivity contribution is -0.135. The number of alkyl halides is 1. The Morgan fingerprint density at radius 2 is 1.92 bits per heavy atom. The number of methoxy groups -OCH3 is 1. The predicted octanol–water partition coefficient (Wildman–Crippen LogP) is 4.14. The van der Waals surface area contributed by atoms with Crippen LogP contribution in [0.5, 0.6) is 0 Å². The number of likely N-dealkylation sites (tertiary alicyclic amines) is 1. The molecule has 0 saturated carbocycles. The minimum atomic E-state index is -1.14. The number of hydrogen-bond donors (Lipinski definition) is 1. The lowest BCUT2D eigenvalue weighted by atomic mass is 9.84. The smallest absolute Gasteiger partial charge is 0.258 e. The molecule has 1 N–H and O–H groups in total. The predicted molar refractivity (Wildman–Crippen MR) is 142 cm³/mol. The summed E-state index contributed by atoms with van der Waals surface area (Å²) in [4.78, 5) is 35.9. The second-order valence-corrected chi connectivity index (χ2v) is 10.0. The number of amides is 1. The van der Waals surface area contributed by atoms with Gasteiger partial charge in [-0.2, -0.15) is 0 Å². The Balaban J connectivity index is 1.77. The Morgan fingerprint density at radius 1 is 1.25 bits per heavy atom. The lowest BCUT2D eigenvalue weighted by Crippen LogP contribution is -2.48. The van der Waals surface area contributed by atoms with Crippen LogP contribution in [0.15, 0.2) is 35.4 Å². The Kier molecular flexibility index (Phi) is 7.43. The van der Waals surface area contributed by atoms with Crippen molar-refractivity contribution in [3.63, 3.8) is 0 Å². The van der Waals surface area contributed by atoms with E-state index in [0.29, 0.717) is 53.9 Å². The van der Waals surface area contributed by atoms with Crippen molar-refractivity contribution in [2.45, 2.75) is 51.2 Å². The van der Waals surface area contributed by atoms with E-state index in [1.165, 1.54) is 10.9 Å². The molecule has 3 aromatic rings. The first-order chi connectivity index (χ1) is 17.1. The topological polar surface area (TPSA) is 89.3 Å². The van der Waals surface area contributed by atoms with Crippen LogP contribution in [-0.2, 0) is 22.2 Å². The molecule has 36 heavy (non-hydrogen) atoms. The van der Waals surface area contributed by atoms with Crippen LogP contribution in [0.1, 0.15) is 60.9 Å². The summed E-state index contributed by atoms with van der Waals surface area (Å²) < 4.78 is 21.6. The first kappa shape index (κ1) is 26.2. The van der Waals surface area contributed by atoms with Gasteiger partial charge in [0.15, 0.2) is 0 Å². The number of aryl methyl sites for hydroxylation is 1. The first-order valence-electron chi connectivity index (χ1n) is 12.0. The van der Waals surface area contributed by atoms with Crippen molar-refractivity contribution in [2.75, 3.05) is 25.5 Å². The number of hydrogen-bond acceptors (Lipinski definition) is 6. The number of fused-ring (bicyclic) bond motifs is 1. The monoisotopic (exact) mass is 513 g/mol. The number of aromatic nitrogens is 3. The van der Waals surface area contributed by atoms with Crippen molar-refractivity contribution in [3.8, 4) is 0 Å². The van der Waals surface area contributed by atoms with E-state index < -0.39 is 11.5 Å². The lowest BCUT2D eigenvalue weighted by Gasteiger charge is -2.40. The zero-order valence-electron chi connectivity index (χ0n) is 21.3. The van der Waals surface area contributed by atoms with Crippen LogP contribution >= 0.6 is 9.24 Å². The van der Waals surface area contributed by atoms with Gasteiger partial charge in [0.25, 0.3) is 5.56 Å². The van der Waals surface area contributed by atoms with E-state index in [2.05, 4.69) is 24.5 Å². The summed E-state index contributed by atoms with van der Waals surface area (Å²) in [6, 6.07) is 7.25. The standard InChI is InChI=1S/C26H33FN5O3P/c1-15-18(7-6-8-19(15)22(27)36)16(2)30-23-20-13-21(25(34)31(4)24(20)29-14-28-23)26(35-5)9-11-32(12-10-26)17(3)33/h6-8,13-14,16,22H,9-12,36H2,1-5H3,(H,28,29,30)/t16-,22?/m1/s1. The van der Waals surface area contributed by atoms with Gasteiger partial charge in [-0.05, 0) is 49.4 Å². The van der Waals surface area contributed by atoms with Crippen LogP contribution in [0.3, 0.4) is 0 Å². The van der Waals surface area contributed by atoms with Crippen LogP contribution in [0.25, 0.3) is 11.0 Å². The van der Waals surface area contributed by atoms with Crippen LogP contribution in [0, 0.1) is 6.92 Å². The van der Waals surface area contributed by atoms with E-state index in [1.54, 1.807) is 32.0 Å². The molecule has 10 heteroatoms. The van der Waals surface area contributed by atoms with Crippen molar-refractivity contribution in [2.24, 2.45) is 7.05 Å². The van der Waals surface area contributed by atoms with Gasteiger partial charge in [-0.25, -0.2) is 14.4 Å². The third-order valence-corrected chi connectivity index (χ3v) is 7.80. The SMILES string of the molecule is COC1(c2cc3c(N[C@H](C)c4cccc(C(F)P)c4C)ncnc3n(C)c2=O)CCN(C(C)=O)CC1. The van der Waals surface area contributed by atoms with Gasteiger partial charge in [0, 0.05) is 34.2 Å². The van der Waals surface area contributed by atoms with Gasteiger partial charge in [0.2, 0.25) is 5.91 Å². The van der Waals surface area contributed by atoms with Gasteiger partial charge in [0.1, 0.15) is 29.3 Å². The van der Waals surface area contributed by atoms with Crippen LogP contribution in [0.4, 0.5) is 10.2 Å². The van der Waals surface area contributed by atoms with Crippen molar-refractivity contribution in [1.29, 1.82) is 0 Å². The van der Waals surface area contributed by atoms with Gasteiger partial charge in [-0.3, -0.25) is 14.2 Å². The first-order valence-corrected chi connectivity index (χ1v) is 12.7. The molecule has 0 spiro atoms. The fraction of sp³-hybridized carbons (Fsp3) is 0.462. The molecule has 8 nitrogen and oxygen atoms in total. The van der Waals surface area contributed by atoms with Crippen molar-refractivity contribution < 1.29 is 13.9 Å². The summed E-state index contributed by atoms with van der Waals surface area (Å²) in [6.07, 6.45) is 2.46. The molecule has 4 rings (SSSR count). The van der Waals surface area contributed by atoms with E-state index in [9.17, 15) is 14.0 Å². The molecule has 2 aromatic heterocycles. The number of pyridine rings is 1. The number of rotatable bonds is 6. The molecule has 3 heterocycles. The molecule has 0 aliphatic carbocycles. The molecule has 0 radical (unpaired) electrons. The zero-order valence-corrected chi connectivity index (χ0v) is 22.5. The van der Waals surface area contributed by atoms with Gasteiger partial charge in [-0.1, -0.05) is 27.4 Å². The third-order valence-electron chi connectivity index (χ3n) is 7.44. The summed E-state index contributed by atoms with van der Waals surface area (Å²) in [5, 5.41) is 4.14. The summed E-state index contributed by atoms with van der Waals surface area (Å²) in [6.45, 7) is 6.48. The highest BCUT2D eigenvalue weighted by atomic mass is 31.0. The van der Waals surface area contributed by atoms with E-state index >= 15 is 0 Å². The third kappa shape index (κ3) is 4.62. The Hall–Kier alpha value is -2.90. The second-order valence-electron chi connectivity index (χ2n) is 9.42. The van der Waals surface area contributed by atoms with E-state index in [-0.39, 0.29) is 17.5 Å². The Labute approximate surface area is 212 Å². The number of anilines is 1. The van der Waals surface area contributed by atoms with Crippen molar-refractivity contribution in [1.82, 2.24) is 19.4 Å². The molecule has 1 aliphatic rings. The normalized spacial score (nSPS) is 17.1. The summed E-state index contributed by atoms with van der Waals surface area (Å²) in [5.74, 6) is -0.557. The highest BCUT2D eigenvalue weighted by molar-refractivity contribution is 7.16. The van der Waals surface area contributed by atoms with Gasteiger partial charge in [-0.15, -0.1) is 0 Å². The van der Waals surface area contributed by atoms with Crippen molar-refractivity contribution in [3.05, 3.63) is 63.2 Å². The number of piperidine rings is 1. The number of nitrogens with zero attached hydrogens (tertiary/aromatic N) is 4. The minimum Gasteiger partial charge on any atom is -0.373 e. The van der Waals surface area contributed by atoms with Gasteiger partial charge in [0.05, 0.1) is 17.0 Å². The average molecular weight is 514 g/mol. The highest BCUT2D eigenvalue weighted by Crippen LogP contribution is 2.37. The molecule has 0 bridgehead atoms. The fourth-order valence-corrected chi connectivity index (χ4v) is 5.56. The molecule has 192 valence electrons. The molecule has 1 saturated heterocycles. The van der Waals surface area contributed by atoms with Gasteiger partial charge >= 0.3 is 0 Å². The quantitative estimate of drug-likeness (QED) is 0.499. The largest absolute Gasteiger partial charge is 0.373 e. The maximum atomic E-state index is 14.1. The number of halogens is 1. The summed E-state index contributed by atoms with van der Waals surface area (Å²) in [7, 11) is 5.50. The Morgan fingerprint density at radius 3 is 2.53 bits per heavy atom. The van der Waals surface area contributed by atoms with E-state index in [1.807, 2.05) is 32.0 Å². The molecular weight excluding hydrogens is 480 g/mol. The number of carbonyl (C=O) groups excluding carboxylic acids is 1. The zero-order chi connectivity index (χ0) is 26.2. The molecule has 1 aliphatic heterocycles. The molecule has 1 fully saturated rings. The Bertz CT molecular complexity index is 1350. The van der Waals surface area contributed by atoms with Gasteiger partial charge < -0.3 is 15.0 Å². The number of carbonyl (C=O) groups is 1. The van der Waals surface area contributed by atoms with Crippen LogP contribution < -0.4 is 10.9 Å². The summed E-state index contributed by atoms with van der Waals surface area (Å²) >= 11 is 0. The fourth-order valence-electron chi connectivity index (χ4n) is 5.20. The molecule has 1 amide bonds. The minimum absolute atomic E-state index is 0.0140. The maximum Gasteiger partial charge on any atom is 0.258 e. The number of ether oxygens (including phenoxy) is 1. The van der Waals surface area contributed by atoms with Crippen molar-refractivity contribution >= 4 is 32.0 Å². The van der Waals surface area contributed by atoms with E-state index in [0.717, 1.165) is 11.1 Å². The van der Waals surface area contributed by atoms with Crippen LogP contribution in [-0.4, -0.2) is 45.5 Å². The van der Waals surface area contributed by atoms with Crippen LogP contribution in [0.2, 0.25) is 0 Å². The maximum absolute atomic E-state index is 14.1. The van der Waals surface area contributed by atoms with E-state index in [4.69, 9.17) is 4.74 Å². The number of benzene rings is 1. The second kappa shape index (κ2) is 10.2. The average Bonchev–Trinajstić information content (AvgIpc) is 2.86.